The number of para-hydroxylation sites is 1. The number of aryl methyl sites for hydroxylation is 1. The van der Waals surface area contributed by atoms with E-state index in [1.807, 2.05) is 42.0 Å². The van der Waals surface area contributed by atoms with Gasteiger partial charge in [-0.2, -0.15) is 0 Å². The van der Waals surface area contributed by atoms with E-state index in [-0.39, 0.29) is 12.1 Å². The van der Waals surface area contributed by atoms with Gasteiger partial charge in [-0.25, -0.2) is 9.78 Å². The maximum atomic E-state index is 11.5. The SMILES string of the molecule is C=C1CC(c2ccccc2-n2ccnc2C)OC1=O. The van der Waals surface area contributed by atoms with Gasteiger partial charge in [-0.05, 0) is 13.0 Å². The number of esters is 1. The summed E-state index contributed by atoms with van der Waals surface area (Å²) >= 11 is 0. The van der Waals surface area contributed by atoms with Crippen LogP contribution in [-0.2, 0) is 9.53 Å². The minimum atomic E-state index is -0.304. The quantitative estimate of drug-likeness (QED) is 0.611. The van der Waals surface area contributed by atoms with Crippen molar-refractivity contribution >= 4 is 5.97 Å². The summed E-state index contributed by atoms with van der Waals surface area (Å²) in [5.74, 6) is 0.595. The molecule has 0 aliphatic carbocycles. The van der Waals surface area contributed by atoms with E-state index in [1.54, 1.807) is 6.20 Å². The van der Waals surface area contributed by atoms with Crippen molar-refractivity contribution in [2.75, 3.05) is 0 Å². The van der Waals surface area contributed by atoms with Crippen molar-refractivity contribution in [3.05, 3.63) is 60.2 Å². The smallest absolute Gasteiger partial charge is 0.334 e. The van der Waals surface area contributed by atoms with Gasteiger partial charge in [-0.3, -0.25) is 0 Å². The van der Waals surface area contributed by atoms with E-state index >= 15 is 0 Å². The number of nitrogens with zero attached hydrogens (tertiary/aromatic N) is 2. The van der Waals surface area contributed by atoms with Crippen LogP contribution in [0.4, 0.5) is 0 Å². The third-order valence-corrected chi connectivity index (χ3v) is 3.34. The fraction of sp³-hybridized carbons (Fsp3) is 0.200. The van der Waals surface area contributed by atoms with Crippen molar-refractivity contribution in [1.82, 2.24) is 9.55 Å². The molecule has 0 bridgehead atoms. The van der Waals surface area contributed by atoms with Crippen LogP contribution in [0.3, 0.4) is 0 Å². The molecule has 0 spiro atoms. The van der Waals surface area contributed by atoms with Crippen LogP contribution in [-0.4, -0.2) is 15.5 Å². The predicted octanol–water partition coefficient (Wildman–Crippen LogP) is 2.72. The molecule has 3 rings (SSSR count). The summed E-state index contributed by atoms with van der Waals surface area (Å²) in [6.07, 6.45) is 3.95. The normalized spacial score (nSPS) is 18.7. The first-order valence-electron chi connectivity index (χ1n) is 6.15. The maximum absolute atomic E-state index is 11.5. The summed E-state index contributed by atoms with van der Waals surface area (Å²) in [6, 6.07) is 7.88. The number of carbonyl (C=O) groups is 1. The molecule has 1 saturated heterocycles. The van der Waals surface area contributed by atoms with Crippen LogP contribution in [0.2, 0.25) is 0 Å². The summed E-state index contributed by atoms with van der Waals surface area (Å²) in [5, 5.41) is 0. The lowest BCUT2D eigenvalue weighted by Gasteiger charge is -2.15. The first kappa shape index (κ1) is 11.7. The Labute approximate surface area is 111 Å². The fourth-order valence-corrected chi connectivity index (χ4v) is 2.35. The van der Waals surface area contributed by atoms with Crippen LogP contribution in [0, 0.1) is 6.92 Å². The zero-order valence-electron chi connectivity index (χ0n) is 10.7. The van der Waals surface area contributed by atoms with Crippen molar-refractivity contribution in [3.63, 3.8) is 0 Å². The number of cyclic esters (lactones) is 1. The molecule has 0 N–H and O–H groups in total. The van der Waals surface area contributed by atoms with Gasteiger partial charge in [-0.1, -0.05) is 24.8 Å². The highest BCUT2D eigenvalue weighted by Crippen LogP contribution is 2.35. The third-order valence-electron chi connectivity index (χ3n) is 3.34. The van der Waals surface area contributed by atoms with Crippen LogP contribution < -0.4 is 0 Å². The number of aromatic nitrogens is 2. The molecular weight excluding hydrogens is 240 g/mol. The van der Waals surface area contributed by atoms with E-state index in [1.165, 1.54) is 0 Å². The molecule has 0 radical (unpaired) electrons. The second kappa shape index (κ2) is 4.39. The zero-order valence-corrected chi connectivity index (χ0v) is 10.7. The molecule has 0 saturated carbocycles. The van der Waals surface area contributed by atoms with Crippen molar-refractivity contribution in [3.8, 4) is 5.69 Å². The summed E-state index contributed by atoms with van der Waals surface area (Å²) < 4.78 is 7.36. The first-order chi connectivity index (χ1) is 9.16. The number of hydrogen-bond donors (Lipinski definition) is 0. The van der Waals surface area contributed by atoms with Gasteiger partial charge in [-0.15, -0.1) is 0 Å². The molecular formula is C15H14N2O2. The number of carbonyl (C=O) groups excluding carboxylic acids is 1. The van der Waals surface area contributed by atoms with Crippen LogP contribution in [0.15, 0.2) is 48.8 Å². The molecule has 4 heteroatoms. The zero-order chi connectivity index (χ0) is 13.4. The van der Waals surface area contributed by atoms with Crippen molar-refractivity contribution in [2.24, 2.45) is 0 Å². The van der Waals surface area contributed by atoms with Gasteiger partial charge in [0.15, 0.2) is 0 Å². The molecule has 19 heavy (non-hydrogen) atoms. The highest BCUT2D eigenvalue weighted by atomic mass is 16.5. The van der Waals surface area contributed by atoms with E-state index in [4.69, 9.17) is 4.74 Å². The number of benzene rings is 1. The molecule has 1 aliphatic heterocycles. The lowest BCUT2D eigenvalue weighted by atomic mass is 10.0. The molecule has 1 aliphatic rings. The Balaban J connectivity index is 2.06. The predicted molar refractivity (Wildman–Crippen MR) is 70.9 cm³/mol. The van der Waals surface area contributed by atoms with Gasteiger partial charge < -0.3 is 9.30 Å². The van der Waals surface area contributed by atoms with E-state index in [9.17, 15) is 4.79 Å². The molecule has 0 amide bonds. The van der Waals surface area contributed by atoms with Crippen LogP contribution in [0.25, 0.3) is 5.69 Å². The lowest BCUT2D eigenvalue weighted by Crippen LogP contribution is -2.05. The van der Waals surface area contributed by atoms with E-state index in [2.05, 4.69) is 11.6 Å². The maximum Gasteiger partial charge on any atom is 0.334 e. The van der Waals surface area contributed by atoms with Crippen molar-refractivity contribution in [2.45, 2.75) is 19.4 Å². The minimum absolute atomic E-state index is 0.252. The lowest BCUT2D eigenvalue weighted by molar-refractivity contribution is -0.139. The number of imidazole rings is 1. The molecule has 96 valence electrons. The van der Waals surface area contributed by atoms with Gasteiger partial charge >= 0.3 is 5.97 Å². The fourth-order valence-electron chi connectivity index (χ4n) is 2.35. The largest absolute Gasteiger partial charge is 0.454 e. The van der Waals surface area contributed by atoms with Crippen LogP contribution in [0.1, 0.15) is 23.9 Å². The molecule has 2 heterocycles. The van der Waals surface area contributed by atoms with Crippen LogP contribution in [0.5, 0.6) is 0 Å². The summed E-state index contributed by atoms with van der Waals surface area (Å²) in [4.78, 5) is 15.7. The monoisotopic (exact) mass is 254 g/mol. The average molecular weight is 254 g/mol. The van der Waals surface area contributed by atoms with Gasteiger partial charge in [0.1, 0.15) is 11.9 Å². The Morgan fingerprint density at radius 3 is 2.84 bits per heavy atom. The Morgan fingerprint density at radius 1 is 1.42 bits per heavy atom. The Bertz CT molecular complexity index is 642. The molecule has 1 aromatic carbocycles. The molecule has 1 aromatic heterocycles. The second-order valence-corrected chi connectivity index (χ2v) is 4.60. The summed E-state index contributed by atoms with van der Waals surface area (Å²) in [6.45, 7) is 5.67. The Morgan fingerprint density at radius 2 is 2.21 bits per heavy atom. The Hall–Kier alpha value is -2.36. The van der Waals surface area contributed by atoms with Crippen molar-refractivity contribution < 1.29 is 9.53 Å². The summed E-state index contributed by atoms with van der Waals surface area (Å²) in [7, 11) is 0. The third kappa shape index (κ3) is 1.95. The van der Waals surface area contributed by atoms with Gasteiger partial charge in [0.05, 0.1) is 5.69 Å². The number of ether oxygens (including phenoxy) is 1. The summed E-state index contributed by atoms with van der Waals surface area (Å²) in [5.41, 5.74) is 2.50. The highest BCUT2D eigenvalue weighted by molar-refractivity contribution is 5.90. The van der Waals surface area contributed by atoms with Crippen LogP contribution >= 0.6 is 0 Å². The van der Waals surface area contributed by atoms with Gasteiger partial charge in [0.25, 0.3) is 0 Å². The highest BCUT2D eigenvalue weighted by Gasteiger charge is 2.30. The van der Waals surface area contributed by atoms with E-state index in [0.29, 0.717) is 12.0 Å². The second-order valence-electron chi connectivity index (χ2n) is 4.60. The average Bonchev–Trinajstić information content (AvgIpc) is 2.97. The molecule has 4 nitrogen and oxygen atoms in total. The molecule has 1 unspecified atom stereocenters. The number of rotatable bonds is 2. The van der Waals surface area contributed by atoms with Crippen molar-refractivity contribution in [1.29, 1.82) is 0 Å². The topological polar surface area (TPSA) is 44.1 Å². The van der Waals surface area contributed by atoms with Gasteiger partial charge in [0.2, 0.25) is 0 Å². The molecule has 2 aromatic rings. The Kier molecular flexibility index (Phi) is 2.71. The standard InChI is InChI=1S/C15H14N2O2/c1-10-9-14(19-15(10)18)12-5-3-4-6-13(12)17-8-7-16-11(17)2/h3-8,14H,1,9H2,2H3. The van der Waals surface area contributed by atoms with Gasteiger partial charge in [0, 0.05) is 30.0 Å². The molecule has 1 atom stereocenters. The molecule has 1 fully saturated rings. The van der Waals surface area contributed by atoms with E-state index < -0.39 is 0 Å². The van der Waals surface area contributed by atoms with E-state index in [0.717, 1.165) is 17.1 Å². The number of hydrogen-bond acceptors (Lipinski definition) is 3. The first-order valence-corrected chi connectivity index (χ1v) is 6.15. The minimum Gasteiger partial charge on any atom is -0.454 e.